The van der Waals surface area contributed by atoms with E-state index in [0.717, 1.165) is 24.7 Å². The van der Waals surface area contributed by atoms with Crippen LogP contribution in [0, 0.1) is 29.4 Å². The number of rotatable bonds is 8. The van der Waals surface area contributed by atoms with Crippen LogP contribution in [0.3, 0.4) is 0 Å². The molecule has 3 nitrogen and oxygen atoms in total. The molecule has 2 aromatic rings. The molecule has 0 saturated heterocycles. The molecule has 4 rings (SSSR count). The van der Waals surface area contributed by atoms with Crippen molar-refractivity contribution >= 4 is 5.97 Å². The number of esters is 1. The molecule has 0 spiro atoms. The molecular weight excluding hydrogens is 465 g/mol. The molecule has 2 aromatic carbocycles. The van der Waals surface area contributed by atoms with Gasteiger partial charge in [-0.2, -0.15) is 8.78 Å². The van der Waals surface area contributed by atoms with Crippen LogP contribution in [0.25, 0.3) is 0 Å². The van der Waals surface area contributed by atoms with Crippen molar-refractivity contribution in [3.8, 4) is 11.5 Å². The first-order chi connectivity index (χ1) is 17.5. The molecule has 0 aliphatic heterocycles. The third-order valence-electron chi connectivity index (χ3n) is 7.88. The van der Waals surface area contributed by atoms with E-state index < -0.39 is 23.4 Å². The second-order valence-electron chi connectivity index (χ2n) is 10.0. The number of carbonyl (C=O) groups excluding carboxylic acids is 1. The topological polar surface area (TPSA) is 35.5 Å². The highest BCUT2D eigenvalue weighted by Crippen LogP contribution is 2.44. The van der Waals surface area contributed by atoms with Gasteiger partial charge in [0, 0.05) is 0 Å². The lowest BCUT2D eigenvalue weighted by atomic mass is 9.68. The maximum Gasteiger partial charge on any atom is 0.343 e. The molecule has 2 aliphatic carbocycles. The van der Waals surface area contributed by atoms with Crippen LogP contribution in [0.1, 0.15) is 80.1 Å². The Hall–Kier alpha value is -2.76. The predicted molar refractivity (Wildman–Crippen MR) is 134 cm³/mol. The number of ether oxygens (including phenoxy) is 2. The monoisotopic (exact) mass is 500 g/mol. The number of carbonyl (C=O) groups is 1. The molecule has 2 aliphatic rings. The van der Waals surface area contributed by atoms with E-state index in [2.05, 4.69) is 6.08 Å². The van der Waals surface area contributed by atoms with Gasteiger partial charge < -0.3 is 9.47 Å². The third kappa shape index (κ3) is 6.32. The zero-order valence-electron chi connectivity index (χ0n) is 20.9. The van der Waals surface area contributed by atoms with Gasteiger partial charge in [0.05, 0.1) is 12.2 Å². The predicted octanol–water partition coefficient (Wildman–Crippen LogP) is 8.19. The van der Waals surface area contributed by atoms with Crippen molar-refractivity contribution in [3.05, 3.63) is 71.3 Å². The molecule has 2 saturated carbocycles. The van der Waals surface area contributed by atoms with Gasteiger partial charge in [0.25, 0.3) is 0 Å². The number of halogens is 3. The van der Waals surface area contributed by atoms with Gasteiger partial charge in [-0.05, 0) is 112 Å². The minimum absolute atomic E-state index is 0.199. The van der Waals surface area contributed by atoms with Crippen molar-refractivity contribution in [2.24, 2.45) is 17.8 Å². The minimum atomic E-state index is -1.24. The quantitative estimate of drug-likeness (QED) is 0.208. The average Bonchev–Trinajstić information content (AvgIpc) is 2.92. The van der Waals surface area contributed by atoms with Crippen LogP contribution in [0.2, 0.25) is 0 Å². The zero-order valence-corrected chi connectivity index (χ0v) is 20.9. The molecule has 2 fully saturated rings. The molecule has 0 N–H and O–H groups in total. The Morgan fingerprint density at radius 3 is 2.06 bits per heavy atom. The van der Waals surface area contributed by atoms with Gasteiger partial charge in [-0.25, -0.2) is 9.18 Å². The second kappa shape index (κ2) is 12.5. The molecule has 0 unspecified atom stereocenters. The van der Waals surface area contributed by atoms with E-state index in [4.69, 9.17) is 9.47 Å². The molecule has 0 atom stereocenters. The highest BCUT2D eigenvalue weighted by Gasteiger charge is 2.31. The van der Waals surface area contributed by atoms with Crippen LogP contribution in [-0.2, 0) is 0 Å². The Morgan fingerprint density at radius 1 is 0.861 bits per heavy atom. The molecule has 194 valence electrons. The van der Waals surface area contributed by atoms with Crippen molar-refractivity contribution < 1.29 is 27.4 Å². The maximum atomic E-state index is 14.3. The van der Waals surface area contributed by atoms with Gasteiger partial charge in [-0.3, -0.25) is 0 Å². The van der Waals surface area contributed by atoms with Crippen LogP contribution >= 0.6 is 0 Å². The number of hydrogen-bond donors (Lipinski definition) is 0. The molecule has 6 heteroatoms. The Balaban J connectivity index is 1.28. The fourth-order valence-corrected chi connectivity index (χ4v) is 5.89. The Morgan fingerprint density at radius 2 is 1.44 bits per heavy atom. The fraction of sp³-hybridized carbons (Fsp3) is 0.500. The minimum Gasteiger partial charge on any atom is -0.491 e. The number of hydrogen-bond acceptors (Lipinski definition) is 3. The van der Waals surface area contributed by atoms with Gasteiger partial charge >= 0.3 is 5.97 Å². The van der Waals surface area contributed by atoms with Crippen LogP contribution in [-0.4, -0.2) is 19.3 Å². The molecule has 0 amide bonds. The summed E-state index contributed by atoms with van der Waals surface area (Å²) in [7, 11) is 0. The maximum absolute atomic E-state index is 14.3. The van der Waals surface area contributed by atoms with Crippen LogP contribution in [0.15, 0.2) is 48.6 Å². The van der Waals surface area contributed by atoms with E-state index >= 15 is 0 Å². The summed E-state index contributed by atoms with van der Waals surface area (Å²) in [6, 6.07) is 9.72. The highest BCUT2D eigenvalue weighted by molar-refractivity contribution is 5.91. The summed E-state index contributed by atoms with van der Waals surface area (Å²) in [4.78, 5) is 12.5. The standard InChI is InChI=1S/C30H35F3O3/c1-2-35-26-17-18-27(29(33)28(26)32)36-30(34)25-15-13-24(14-16-25)23-11-9-22(10-12-23)21-7-5-20(6-8-21)4-3-19-31/h3-4,13-18,20-23H,2,5-12,19H2,1H3. The molecular formula is C30H35F3O3. The van der Waals surface area contributed by atoms with Gasteiger partial charge in [0.15, 0.2) is 11.5 Å². The van der Waals surface area contributed by atoms with Gasteiger partial charge in [-0.15, -0.1) is 0 Å². The highest BCUT2D eigenvalue weighted by atomic mass is 19.2. The summed E-state index contributed by atoms with van der Waals surface area (Å²) in [5.74, 6) is -1.26. The van der Waals surface area contributed by atoms with Gasteiger partial charge in [-0.1, -0.05) is 24.3 Å². The number of benzene rings is 2. The SMILES string of the molecule is CCOc1ccc(OC(=O)c2ccc(C3CCC(C4CCC(C=CCF)CC4)CC3)cc2)c(F)c1F. The van der Waals surface area contributed by atoms with E-state index in [1.165, 1.54) is 56.2 Å². The molecule has 0 aromatic heterocycles. The van der Waals surface area contributed by atoms with E-state index in [1.807, 2.05) is 12.1 Å². The fourth-order valence-electron chi connectivity index (χ4n) is 5.89. The lowest BCUT2D eigenvalue weighted by molar-refractivity contribution is 0.0726. The van der Waals surface area contributed by atoms with Crippen molar-refractivity contribution in [1.29, 1.82) is 0 Å². The third-order valence-corrected chi connectivity index (χ3v) is 7.88. The van der Waals surface area contributed by atoms with Crippen molar-refractivity contribution in [2.45, 2.75) is 64.2 Å². The summed E-state index contributed by atoms with van der Waals surface area (Å²) in [6.07, 6.45) is 13.2. The summed E-state index contributed by atoms with van der Waals surface area (Å²) in [6.45, 7) is 1.50. The van der Waals surface area contributed by atoms with Crippen LogP contribution in [0.4, 0.5) is 13.2 Å². The first-order valence-corrected chi connectivity index (χ1v) is 13.2. The number of allylic oxidation sites excluding steroid dienone is 2. The van der Waals surface area contributed by atoms with Crippen molar-refractivity contribution in [2.75, 3.05) is 13.3 Å². The number of alkyl halides is 1. The van der Waals surface area contributed by atoms with E-state index in [-0.39, 0.29) is 19.0 Å². The molecule has 0 bridgehead atoms. The average molecular weight is 501 g/mol. The zero-order chi connectivity index (χ0) is 25.5. The second-order valence-corrected chi connectivity index (χ2v) is 10.0. The van der Waals surface area contributed by atoms with Gasteiger partial charge in [0.2, 0.25) is 11.6 Å². The summed E-state index contributed by atoms with van der Waals surface area (Å²) < 4.78 is 50.8. The normalized spacial score (nSPS) is 24.6. The van der Waals surface area contributed by atoms with E-state index in [9.17, 15) is 18.0 Å². The summed E-state index contributed by atoms with van der Waals surface area (Å²) >= 11 is 0. The van der Waals surface area contributed by atoms with Crippen molar-refractivity contribution in [3.63, 3.8) is 0 Å². The summed E-state index contributed by atoms with van der Waals surface area (Å²) in [5, 5.41) is 0. The Bertz CT molecular complexity index is 1030. The molecule has 0 radical (unpaired) electrons. The molecule has 0 heterocycles. The van der Waals surface area contributed by atoms with E-state index in [1.54, 1.807) is 25.1 Å². The van der Waals surface area contributed by atoms with Crippen LogP contribution in [0.5, 0.6) is 11.5 Å². The lowest BCUT2D eigenvalue weighted by Gasteiger charge is -2.37. The smallest absolute Gasteiger partial charge is 0.343 e. The lowest BCUT2D eigenvalue weighted by Crippen LogP contribution is -2.25. The summed E-state index contributed by atoms with van der Waals surface area (Å²) in [5.41, 5.74) is 1.49. The van der Waals surface area contributed by atoms with Crippen LogP contribution < -0.4 is 9.47 Å². The Labute approximate surface area is 211 Å². The first kappa shape index (κ1) is 26.3. The van der Waals surface area contributed by atoms with E-state index in [0.29, 0.717) is 17.4 Å². The largest absolute Gasteiger partial charge is 0.491 e. The molecule has 36 heavy (non-hydrogen) atoms. The van der Waals surface area contributed by atoms with Crippen molar-refractivity contribution in [1.82, 2.24) is 0 Å². The van der Waals surface area contributed by atoms with Gasteiger partial charge in [0.1, 0.15) is 6.67 Å². The Kier molecular flexibility index (Phi) is 9.11. The first-order valence-electron chi connectivity index (χ1n) is 13.2.